The number of nitrogens with zero attached hydrogens (tertiary/aromatic N) is 1. The third-order valence-electron chi connectivity index (χ3n) is 7.81. The average molecular weight is 586 g/mol. The Kier molecular flexibility index (Phi) is 8.07. The van der Waals surface area contributed by atoms with Gasteiger partial charge < -0.3 is 5.11 Å². The number of carboxylic acid groups (broad SMARTS) is 1. The summed E-state index contributed by atoms with van der Waals surface area (Å²) >= 11 is 0. The molecular weight excluding hydrogens is 556 g/mol. The number of halogens is 6. The maximum absolute atomic E-state index is 14.3. The summed E-state index contributed by atoms with van der Waals surface area (Å²) in [6, 6.07) is 16.7. The lowest BCUT2D eigenvalue weighted by molar-refractivity contribution is -0.139. The molecule has 3 aromatic rings. The van der Waals surface area contributed by atoms with Crippen LogP contribution in [0, 0.1) is 6.92 Å². The molecule has 1 aliphatic heterocycles. The third-order valence-corrected chi connectivity index (χ3v) is 7.81. The van der Waals surface area contributed by atoms with Gasteiger partial charge in [-0.2, -0.15) is 26.3 Å². The van der Waals surface area contributed by atoms with Crippen molar-refractivity contribution in [2.24, 2.45) is 0 Å². The van der Waals surface area contributed by atoms with Gasteiger partial charge in [0.2, 0.25) is 0 Å². The number of alkyl halides is 6. The molecule has 5 rings (SSSR count). The monoisotopic (exact) mass is 585 g/mol. The molecule has 1 N–H and O–H groups in total. The molecule has 2 aliphatic rings. The Labute approximate surface area is 239 Å². The SMILES string of the molecule is Cc1cccc(C2=C(c3ccc(C=C4CN(CCC(F)(F)F)C4)cc3)c3ccc(C(=O)O)cc3CCC2)c1C(F)(F)F. The number of carbonyl (C=O) groups is 1. The second-order valence-electron chi connectivity index (χ2n) is 10.9. The summed E-state index contributed by atoms with van der Waals surface area (Å²) in [5.41, 5.74) is 4.89. The van der Waals surface area contributed by atoms with Crippen LogP contribution in [-0.2, 0) is 12.6 Å². The largest absolute Gasteiger partial charge is 0.478 e. The second kappa shape index (κ2) is 11.4. The molecule has 0 unspecified atom stereocenters. The fourth-order valence-corrected chi connectivity index (χ4v) is 5.86. The number of allylic oxidation sites excluding steroid dienone is 1. The number of fused-ring (bicyclic) bond motifs is 1. The summed E-state index contributed by atoms with van der Waals surface area (Å²) in [4.78, 5) is 13.4. The Morgan fingerprint density at radius 3 is 2.29 bits per heavy atom. The second-order valence-corrected chi connectivity index (χ2v) is 10.9. The summed E-state index contributed by atoms with van der Waals surface area (Å²) in [7, 11) is 0. The van der Waals surface area contributed by atoms with Crippen molar-refractivity contribution >= 4 is 23.2 Å². The Morgan fingerprint density at radius 2 is 1.64 bits per heavy atom. The van der Waals surface area contributed by atoms with Crippen LogP contribution >= 0.6 is 0 Å². The number of aromatic carboxylic acids is 1. The molecule has 0 saturated carbocycles. The van der Waals surface area contributed by atoms with Gasteiger partial charge in [0.1, 0.15) is 0 Å². The summed E-state index contributed by atoms with van der Waals surface area (Å²) in [6.07, 6.45) is -6.23. The van der Waals surface area contributed by atoms with Gasteiger partial charge in [-0.05, 0) is 88.4 Å². The molecule has 220 valence electrons. The van der Waals surface area contributed by atoms with Gasteiger partial charge in [-0.3, -0.25) is 4.90 Å². The van der Waals surface area contributed by atoms with Crippen LogP contribution in [0.25, 0.3) is 17.2 Å². The zero-order valence-corrected chi connectivity index (χ0v) is 22.9. The smallest absolute Gasteiger partial charge is 0.417 e. The van der Waals surface area contributed by atoms with Gasteiger partial charge in [-0.1, -0.05) is 54.6 Å². The molecule has 1 fully saturated rings. The highest BCUT2D eigenvalue weighted by Crippen LogP contribution is 2.45. The van der Waals surface area contributed by atoms with E-state index >= 15 is 0 Å². The first-order chi connectivity index (χ1) is 19.8. The topological polar surface area (TPSA) is 40.5 Å². The van der Waals surface area contributed by atoms with E-state index in [1.807, 2.05) is 30.3 Å². The minimum atomic E-state index is -4.56. The fraction of sp³-hybridized carbons (Fsp3) is 0.303. The molecule has 9 heteroatoms. The molecule has 1 heterocycles. The van der Waals surface area contributed by atoms with Crippen LogP contribution < -0.4 is 0 Å². The normalized spacial score (nSPS) is 16.1. The van der Waals surface area contributed by atoms with Crippen molar-refractivity contribution < 1.29 is 36.2 Å². The van der Waals surface area contributed by atoms with Gasteiger partial charge in [0.15, 0.2) is 0 Å². The first kappa shape index (κ1) is 29.6. The van der Waals surface area contributed by atoms with Crippen LogP contribution in [0.3, 0.4) is 0 Å². The lowest BCUT2D eigenvalue weighted by Gasteiger charge is -2.34. The van der Waals surface area contributed by atoms with Crippen LogP contribution in [0.4, 0.5) is 26.3 Å². The molecule has 3 nitrogen and oxygen atoms in total. The van der Waals surface area contributed by atoms with Crippen molar-refractivity contribution in [1.29, 1.82) is 0 Å². The Morgan fingerprint density at radius 1 is 0.929 bits per heavy atom. The van der Waals surface area contributed by atoms with Gasteiger partial charge in [0, 0.05) is 19.6 Å². The standard InChI is InChI=1S/C33H29F6NO2/c1-20-4-2-7-28(30(20)33(37,38)39)27-6-3-5-24-17-25(31(41)42)12-13-26(24)29(27)23-10-8-21(9-11-23)16-22-18-40(19-22)15-14-32(34,35)36/h2,4,7-13,16-17H,3,5-6,14-15,18-19H2,1H3,(H,41,42). The van der Waals surface area contributed by atoms with Crippen LogP contribution in [0.5, 0.6) is 0 Å². The average Bonchev–Trinajstić information content (AvgIpc) is 3.08. The van der Waals surface area contributed by atoms with Crippen LogP contribution in [0.15, 0.2) is 66.2 Å². The predicted molar refractivity (Wildman–Crippen MR) is 150 cm³/mol. The lowest BCUT2D eigenvalue weighted by Crippen LogP contribution is -2.41. The first-order valence-corrected chi connectivity index (χ1v) is 13.7. The molecular formula is C33H29F6NO2. The molecule has 1 saturated heterocycles. The molecule has 0 aromatic heterocycles. The zero-order valence-electron chi connectivity index (χ0n) is 22.9. The van der Waals surface area contributed by atoms with Crippen LogP contribution in [0.1, 0.15) is 68.6 Å². The van der Waals surface area contributed by atoms with Crippen molar-refractivity contribution in [3.05, 3.63) is 111 Å². The fourth-order valence-electron chi connectivity index (χ4n) is 5.86. The Hall–Kier alpha value is -3.85. The van der Waals surface area contributed by atoms with E-state index in [0.717, 1.165) is 16.7 Å². The van der Waals surface area contributed by atoms with Crippen molar-refractivity contribution in [1.82, 2.24) is 4.90 Å². The molecule has 3 aromatic carbocycles. The number of hydrogen-bond acceptors (Lipinski definition) is 2. The third kappa shape index (κ3) is 6.46. The highest BCUT2D eigenvalue weighted by molar-refractivity contribution is 6.01. The quantitative estimate of drug-likeness (QED) is 0.295. The molecule has 0 radical (unpaired) electrons. The number of likely N-dealkylation sites (tertiary alicyclic amines) is 1. The minimum Gasteiger partial charge on any atom is -0.478 e. The predicted octanol–water partition coefficient (Wildman–Crippen LogP) is 8.66. The van der Waals surface area contributed by atoms with Gasteiger partial charge >= 0.3 is 18.3 Å². The highest BCUT2D eigenvalue weighted by atomic mass is 19.4. The van der Waals surface area contributed by atoms with Gasteiger partial charge in [0.05, 0.1) is 17.5 Å². The van der Waals surface area contributed by atoms with E-state index in [-0.39, 0.29) is 23.2 Å². The Balaban J connectivity index is 1.56. The summed E-state index contributed by atoms with van der Waals surface area (Å²) in [5, 5.41) is 9.54. The van der Waals surface area contributed by atoms with E-state index < -0.39 is 30.3 Å². The van der Waals surface area contributed by atoms with E-state index in [1.165, 1.54) is 25.1 Å². The number of aryl methyl sites for hydroxylation is 2. The zero-order chi connectivity index (χ0) is 30.2. The van der Waals surface area contributed by atoms with Crippen molar-refractivity contribution in [3.63, 3.8) is 0 Å². The van der Waals surface area contributed by atoms with Crippen molar-refractivity contribution in [3.8, 4) is 0 Å². The van der Waals surface area contributed by atoms with E-state index in [4.69, 9.17) is 0 Å². The molecule has 42 heavy (non-hydrogen) atoms. The van der Waals surface area contributed by atoms with Gasteiger partial charge in [-0.15, -0.1) is 0 Å². The van der Waals surface area contributed by atoms with E-state index in [1.54, 1.807) is 23.1 Å². The molecule has 0 atom stereocenters. The summed E-state index contributed by atoms with van der Waals surface area (Å²) in [6.45, 7) is 2.32. The summed E-state index contributed by atoms with van der Waals surface area (Å²) < 4.78 is 80.5. The maximum Gasteiger partial charge on any atom is 0.417 e. The number of carboxylic acids is 1. The van der Waals surface area contributed by atoms with Gasteiger partial charge in [-0.25, -0.2) is 4.79 Å². The van der Waals surface area contributed by atoms with Crippen molar-refractivity contribution in [2.75, 3.05) is 19.6 Å². The van der Waals surface area contributed by atoms with Crippen molar-refractivity contribution in [2.45, 2.75) is 45.0 Å². The van der Waals surface area contributed by atoms with Gasteiger partial charge in [0.25, 0.3) is 0 Å². The molecule has 0 bridgehead atoms. The number of benzene rings is 3. The first-order valence-electron chi connectivity index (χ1n) is 13.7. The van der Waals surface area contributed by atoms with E-state index in [9.17, 15) is 36.2 Å². The minimum absolute atomic E-state index is 0.0431. The highest BCUT2D eigenvalue weighted by Gasteiger charge is 2.37. The van der Waals surface area contributed by atoms with E-state index in [2.05, 4.69) is 0 Å². The number of hydrogen-bond donors (Lipinski definition) is 1. The van der Waals surface area contributed by atoms with Crippen LogP contribution in [0.2, 0.25) is 0 Å². The Bertz CT molecular complexity index is 1560. The van der Waals surface area contributed by atoms with Crippen LogP contribution in [-0.4, -0.2) is 41.8 Å². The molecule has 1 aliphatic carbocycles. The molecule has 0 amide bonds. The number of rotatable bonds is 6. The summed E-state index contributed by atoms with van der Waals surface area (Å²) in [5.74, 6) is -1.07. The maximum atomic E-state index is 14.3. The molecule has 0 spiro atoms. The lowest BCUT2D eigenvalue weighted by atomic mass is 9.84. The van der Waals surface area contributed by atoms with E-state index in [0.29, 0.717) is 54.6 Å².